The topological polar surface area (TPSA) is 351 Å². The van der Waals surface area contributed by atoms with Gasteiger partial charge in [-0.1, -0.05) is 56.7 Å². The number of sulfonamides is 1. The van der Waals surface area contributed by atoms with Crippen molar-refractivity contribution in [3.63, 3.8) is 0 Å². The van der Waals surface area contributed by atoms with Crippen LogP contribution in [0.15, 0.2) is 165 Å². The lowest BCUT2D eigenvalue weighted by Gasteiger charge is -2.37. The first-order valence-electron chi connectivity index (χ1n) is 53.1. The fourth-order valence-electron chi connectivity index (χ4n) is 22.4. The van der Waals surface area contributed by atoms with Crippen molar-refractivity contribution in [2.75, 3.05) is 94.2 Å². The Morgan fingerprint density at radius 3 is 1.39 bits per heavy atom. The Bertz CT molecular complexity index is 7550. The largest absolute Gasteiger partial charge is 0.381 e. The summed E-state index contributed by atoms with van der Waals surface area (Å²) in [6.45, 7) is 51.3. The predicted molar refractivity (Wildman–Crippen MR) is 595 cm³/mol. The van der Waals surface area contributed by atoms with E-state index in [0.29, 0.717) is 89.7 Å². The molecule has 7 N–H and O–H groups in total. The van der Waals surface area contributed by atoms with Gasteiger partial charge in [0.15, 0.2) is 11.6 Å². The zero-order valence-corrected chi connectivity index (χ0v) is 90.9. The van der Waals surface area contributed by atoms with Crippen molar-refractivity contribution in [3.05, 3.63) is 294 Å². The van der Waals surface area contributed by atoms with Gasteiger partial charge in [-0.3, -0.25) is 47.9 Å². The van der Waals surface area contributed by atoms with Gasteiger partial charge < -0.3 is 64.1 Å². The van der Waals surface area contributed by atoms with Crippen molar-refractivity contribution in [1.29, 1.82) is 0 Å². The molecule has 0 unspecified atom stereocenters. The number of hydrogen-bond donors (Lipinski definition) is 7. The Balaban J connectivity index is 0.000000149. The van der Waals surface area contributed by atoms with Gasteiger partial charge in [0.05, 0.1) is 23.0 Å². The average molecular weight is 2030 g/mol. The van der Waals surface area contributed by atoms with Crippen LogP contribution in [0.3, 0.4) is 0 Å². The Kier molecular flexibility index (Phi) is 35.3. The number of pyridine rings is 6. The third-order valence-corrected chi connectivity index (χ3v) is 32.7. The van der Waals surface area contributed by atoms with Crippen LogP contribution in [-0.4, -0.2) is 185 Å². The minimum Gasteiger partial charge on any atom is -0.381 e. The molecule has 30 heteroatoms. The summed E-state index contributed by atoms with van der Waals surface area (Å²) in [7, 11) is -3.17. The molecule has 0 radical (unpaired) electrons. The molecule has 4 aliphatic rings. The number of piperazine rings is 2. The van der Waals surface area contributed by atoms with Crippen LogP contribution in [0.1, 0.15) is 270 Å². The van der Waals surface area contributed by atoms with Crippen molar-refractivity contribution < 1.29 is 32.3 Å². The molecule has 4 aromatic carbocycles. The number of hydrogen-bond acceptors (Lipinski definition) is 18. The second kappa shape index (κ2) is 47.9. The number of amides is 2. The number of ether oxygens (including phenoxy) is 1. The van der Waals surface area contributed by atoms with Gasteiger partial charge >= 0.3 is 0 Å². The number of nitrogens with one attached hydrogen (secondary N) is 7. The number of Topliss-reactive ketones (excluding diaryl/α,β-unsaturated/α-hetero) is 2. The second-order valence-electron chi connectivity index (χ2n) is 41.5. The third kappa shape index (κ3) is 24.3. The number of benzene rings is 4. The molecule has 148 heavy (non-hydrogen) atoms. The fraction of sp³-hybridized carbons (Fsp3) is 0.449. The summed E-state index contributed by atoms with van der Waals surface area (Å²) in [5.41, 5.74) is 22.5. The van der Waals surface area contributed by atoms with Crippen LogP contribution in [0.5, 0.6) is 0 Å². The highest BCUT2D eigenvalue weighted by Crippen LogP contribution is 2.41. The summed E-state index contributed by atoms with van der Waals surface area (Å²) in [4.78, 5) is 133. The molecule has 4 fully saturated rings. The molecule has 14 heterocycles. The van der Waals surface area contributed by atoms with E-state index in [9.17, 15) is 46.8 Å². The van der Waals surface area contributed by atoms with Gasteiger partial charge in [0.2, 0.25) is 10.0 Å². The van der Waals surface area contributed by atoms with Gasteiger partial charge in [-0.25, -0.2) is 22.7 Å². The van der Waals surface area contributed by atoms with Crippen LogP contribution in [-0.2, 0) is 47.1 Å². The number of aromatic amines is 4. The number of para-hydroxylation sites is 2. The van der Waals surface area contributed by atoms with Crippen LogP contribution < -0.4 is 48.0 Å². The highest BCUT2D eigenvalue weighted by molar-refractivity contribution is 7.89. The molecule has 0 saturated carbocycles. The second-order valence-corrected chi connectivity index (χ2v) is 43.8. The van der Waals surface area contributed by atoms with E-state index in [-0.39, 0.29) is 89.0 Å². The van der Waals surface area contributed by atoms with Gasteiger partial charge in [-0.2, -0.15) is 5.10 Å². The quantitative estimate of drug-likeness (QED) is 0.0206. The van der Waals surface area contributed by atoms with Gasteiger partial charge in [-0.15, -0.1) is 0 Å². The van der Waals surface area contributed by atoms with E-state index in [1.165, 1.54) is 0 Å². The Morgan fingerprint density at radius 1 is 0.459 bits per heavy atom. The number of rotatable bonds is 30. The number of carbonyl (C=O) groups excluding carboxylic acids is 4. The van der Waals surface area contributed by atoms with Gasteiger partial charge in [0.1, 0.15) is 11.6 Å². The van der Waals surface area contributed by atoms with E-state index < -0.39 is 10.0 Å². The SMILES string of the molecule is CCCc1cc(C)[nH]c(=O)c1CNC(=O)c1cc(-c2ccc(N3CCN(C(C)C)CC3)nc2)cc2c1cnn2C(C)C.CCS(=O)(=O)N1CCC([C@H](C)n2c(C)c(C(=O)CCc3c(C)cc(C)[nH]c3=O)c3ccccc32)CC1.CC[C@H](C)n1cc(C)c2c(C(=O)NCc3c(C)cc(C)[nH]c3=O)cc(-c3ccc(N4CCNCC4)nc3)cc21.Cc1cc(C)c(CCC(=O)c2c(C)n([C@@H](C)C3CCOCC3)c3ccccc23)c(=O)[nH]1. The van der Waals surface area contributed by atoms with Crippen LogP contribution in [0.25, 0.3) is 65.9 Å². The van der Waals surface area contributed by atoms with Crippen molar-refractivity contribution in [2.24, 2.45) is 11.8 Å². The van der Waals surface area contributed by atoms with Gasteiger partial charge in [-0.05, 0) is 312 Å². The molecule has 0 bridgehead atoms. The molecule has 29 nitrogen and oxygen atoms in total. The fourth-order valence-corrected chi connectivity index (χ4v) is 23.6. The van der Waals surface area contributed by atoms with Crippen LogP contribution in [0, 0.1) is 81.1 Å². The minimum absolute atomic E-state index is 0.0397. The number of anilines is 2. The summed E-state index contributed by atoms with van der Waals surface area (Å²) >= 11 is 0. The Labute approximate surface area is 869 Å². The maximum Gasteiger partial charge on any atom is 0.253 e. The number of aromatic nitrogens is 11. The van der Waals surface area contributed by atoms with Crippen LogP contribution in [0.2, 0.25) is 0 Å². The summed E-state index contributed by atoms with van der Waals surface area (Å²) in [5, 5.41) is 17.7. The molecule has 4 aliphatic heterocycles. The Morgan fingerprint density at radius 2 is 0.919 bits per heavy atom. The monoisotopic (exact) mass is 2030 g/mol. The zero-order valence-electron chi connectivity index (χ0n) is 90.1. The molecular formula is C118H150N18O11S. The lowest BCUT2D eigenvalue weighted by atomic mass is 9.91. The smallest absolute Gasteiger partial charge is 0.253 e. The molecule has 0 aliphatic carbocycles. The van der Waals surface area contributed by atoms with E-state index in [4.69, 9.17) is 14.7 Å². The summed E-state index contributed by atoms with van der Waals surface area (Å²) in [6.07, 6.45) is 15.5. The highest BCUT2D eigenvalue weighted by atomic mass is 32.2. The lowest BCUT2D eigenvalue weighted by molar-refractivity contribution is 0.0517. The first-order valence-corrected chi connectivity index (χ1v) is 54.7. The lowest BCUT2D eigenvalue weighted by Crippen LogP contribution is -2.49. The summed E-state index contributed by atoms with van der Waals surface area (Å²) in [6, 6.07) is 41.9. The summed E-state index contributed by atoms with van der Waals surface area (Å²) < 4.78 is 40.6. The number of piperidine rings is 1. The number of fused-ring (bicyclic) bond motifs is 4. The molecule has 4 saturated heterocycles. The van der Waals surface area contributed by atoms with E-state index in [2.05, 4.69) is 200 Å². The number of H-pyrrole nitrogens is 4. The molecular weight excluding hydrogens is 1880 g/mol. The first-order chi connectivity index (χ1) is 70.8. The average Bonchev–Trinajstić information content (AvgIpc) is 1.61. The number of nitrogens with zero attached hydrogens (tertiary/aromatic N) is 11. The third-order valence-electron chi connectivity index (χ3n) is 30.8. The van der Waals surface area contributed by atoms with Crippen LogP contribution in [0.4, 0.5) is 11.6 Å². The molecule has 18 rings (SSSR count). The minimum atomic E-state index is -3.17. The molecule has 3 atom stereocenters. The molecule has 0 spiro atoms. The van der Waals surface area contributed by atoms with Crippen LogP contribution >= 0.6 is 0 Å². The van der Waals surface area contributed by atoms with Crippen molar-refractivity contribution in [1.82, 2.24) is 78.5 Å². The molecule has 10 aromatic heterocycles. The zero-order chi connectivity index (χ0) is 106. The number of carbonyl (C=O) groups is 4. The standard InChI is InChI=1S/C33H43N7O2.C31H38N6O2.C28H37N3O4S.C26H32N2O3/c1-7-8-24-15-23(6)37-33(42)28(24)19-35-32(41)27-16-26(17-30-29(27)20-36-40(30)22(4)5)25-9-10-31(34-18-25)39-13-11-38(12-14-39)21(2)3;1-6-22(5)37-18-20(3)29-25(30(38)34-17-26-19(2)13-21(4)35-31(26)39)14-24(15-27(29)37)23-7-8-28(33-16-23)36-11-9-32-10-12-36;1-6-36(34,35)30-15-13-22(14-16-30)20(4)31-21(5)27(24-9-7-8-10-25(24)31)26(32)12-11-23-18(2)17-19(3)29-28(23)33;1-16-15-17(2)27-26(30)21(16)9-10-24(29)25-19(4)28(23-8-6-5-7-22(23)25)18(3)20-11-13-31-14-12-20/h9-10,15-18,20-22H,7-8,11-14,19H2,1-6H3,(H,35,41)(H,37,42);7-8,13-16,18,22,32H,6,9-12,17H2,1-5H3,(H,34,38)(H,35,39);7-10,17,20,22H,6,11-16H2,1-5H3,(H,29,33);5-8,15,18,20H,9-14H2,1-4H3,(H,27,30)/t;22-;20-;18-/m.000/s1. The van der Waals surface area contributed by atoms with Crippen molar-refractivity contribution in [2.45, 2.75) is 252 Å². The normalized spacial score (nSPS) is 15.3. The maximum absolute atomic E-state index is 13.7. The van der Waals surface area contributed by atoms with E-state index >= 15 is 0 Å². The predicted octanol–water partition coefficient (Wildman–Crippen LogP) is 19.5. The molecule has 14 aromatic rings. The van der Waals surface area contributed by atoms with E-state index in [1.54, 1.807) is 17.4 Å². The molecule has 2 amide bonds. The number of ketones is 2. The van der Waals surface area contributed by atoms with Crippen molar-refractivity contribution >= 4 is 88.7 Å². The van der Waals surface area contributed by atoms with E-state index in [0.717, 1.165) is 261 Å². The maximum atomic E-state index is 13.7. The first kappa shape index (κ1) is 109. The van der Waals surface area contributed by atoms with Crippen molar-refractivity contribution in [3.8, 4) is 22.3 Å². The Hall–Kier alpha value is -13.3. The van der Waals surface area contributed by atoms with Gasteiger partial charge in [0.25, 0.3) is 34.1 Å². The molecule has 784 valence electrons. The highest BCUT2D eigenvalue weighted by Gasteiger charge is 2.35. The summed E-state index contributed by atoms with van der Waals surface area (Å²) in [5.74, 6) is 2.64. The van der Waals surface area contributed by atoms with Gasteiger partial charge in [0, 0.05) is 276 Å². The number of aryl methyl sites for hydroxylation is 9. The van der Waals surface area contributed by atoms with E-state index in [1.807, 2.05) is 145 Å².